The largest absolute Gasteiger partial charge is 0.385 e. The van der Waals surface area contributed by atoms with Gasteiger partial charge in [-0.3, -0.25) is 15.0 Å². The maximum absolute atomic E-state index is 12.0. The number of halogens is 1. The van der Waals surface area contributed by atoms with E-state index in [-0.39, 0.29) is 0 Å². The summed E-state index contributed by atoms with van der Waals surface area (Å²) < 4.78 is 0. The Labute approximate surface area is 125 Å². The zero-order valence-electron chi connectivity index (χ0n) is 10.8. The van der Waals surface area contributed by atoms with Crippen molar-refractivity contribution in [2.24, 2.45) is 11.5 Å². The van der Waals surface area contributed by atoms with E-state index in [1.807, 2.05) is 5.32 Å². The van der Waals surface area contributed by atoms with Crippen molar-refractivity contribution in [2.45, 2.75) is 12.1 Å². The predicted octanol–water partition coefficient (Wildman–Crippen LogP) is -0.418. The number of rotatable bonds is 6. The SMILES string of the molecule is N=C(N)C(NC(N)=O)C(=O)NC(C(=O)Cl)c1ccccc1. The van der Waals surface area contributed by atoms with Gasteiger partial charge in [0.2, 0.25) is 5.24 Å². The summed E-state index contributed by atoms with van der Waals surface area (Å²) in [5.74, 6) is -1.50. The van der Waals surface area contributed by atoms with Crippen molar-refractivity contribution in [3.8, 4) is 0 Å². The third kappa shape index (κ3) is 4.77. The third-order valence-electron chi connectivity index (χ3n) is 2.51. The molecule has 21 heavy (non-hydrogen) atoms. The first-order valence-corrected chi connectivity index (χ1v) is 6.15. The Morgan fingerprint density at radius 1 is 1.10 bits per heavy atom. The number of primary amides is 1. The van der Waals surface area contributed by atoms with Crippen LogP contribution in [0.1, 0.15) is 11.6 Å². The molecule has 8 nitrogen and oxygen atoms in total. The summed E-state index contributed by atoms with van der Waals surface area (Å²) in [6.45, 7) is 0. The van der Waals surface area contributed by atoms with Gasteiger partial charge in [-0.2, -0.15) is 0 Å². The summed E-state index contributed by atoms with van der Waals surface area (Å²) in [7, 11) is 0. The van der Waals surface area contributed by atoms with Crippen molar-refractivity contribution in [2.75, 3.05) is 0 Å². The average molecular weight is 312 g/mol. The Hall–Kier alpha value is -2.61. The van der Waals surface area contributed by atoms with Gasteiger partial charge in [-0.1, -0.05) is 30.3 Å². The number of nitrogens with one attached hydrogen (secondary N) is 3. The number of carbonyl (C=O) groups is 3. The molecule has 0 saturated heterocycles. The smallest absolute Gasteiger partial charge is 0.313 e. The lowest BCUT2D eigenvalue weighted by atomic mass is 10.1. The van der Waals surface area contributed by atoms with Gasteiger partial charge in [0.15, 0.2) is 6.04 Å². The summed E-state index contributed by atoms with van der Waals surface area (Å²) in [6, 6.07) is 4.61. The van der Waals surface area contributed by atoms with Gasteiger partial charge >= 0.3 is 6.03 Å². The van der Waals surface area contributed by atoms with E-state index in [9.17, 15) is 14.4 Å². The molecule has 0 aromatic heterocycles. The van der Waals surface area contributed by atoms with E-state index in [4.69, 9.17) is 28.5 Å². The summed E-state index contributed by atoms with van der Waals surface area (Å²) in [4.78, 5) is 34.2. The number of urea groups is 1. The average Bonchev–Trinajstić information content (AvgIpc) is 2.42. The number of amides is 3. The Kier molecular flexibility index (Phi) is 5.67. The minimum absolute atomic E-state index is 0.451. The van der Waals surface area contributed by atoms with Crippen LogP contribution < -0.4 is 22.1 Å². The molecule has 0 bridgehead atoms. The Morgan fingerprint density at radius 2 is 1.67 bits per heavy atom. The molecule has 2 atom stereocenters. The summed E-state index contributed by atoms with van der Waals surface area (Å²) in [5.41, 5.74) is 10.6. The van der Waals surface area contributed by atoms with Crippen molar-refractivity contribution in [3.05, 3.63) is 35.9 Å². The van der Waals surface area contributed by atoms with E-state index in [0.29, 0.717) is 5.56 Å². The summed E-state index contributed by atoms with van der Waals surface area (Å²) >= 11 is 5.46. The van der Waals surface area contributed by atoms with E-state index in [1.54, 1.807) is 30.3 Å². The molecular weight excluding hydrogens is 298 g/mol. The first-order chi connectivity index (χ1) is 9.82. The molecule has 1 aromatic carbocycles. The third-order valence-corrected chi connectivity index (χ3v) is 2.72. The first kappa shape index (κ1) is 16.4. The number of carbonyl (C=O) groups excluding carboxylic acids is 3. The van der Waals surface area contributed by atoms with Gasteiger partial charge in [-0.15, -0.1) is 0 Å². The summed E-state index contributed by atoms with van der Waals surface area (Å²) in [5, 5.41) is 10.7. The molecule has 0 aliphatic carbocycles. The molecule has 112 valence electrons. The number of benzene rings is 1. The monoisotopic (exact) mass is 311 g/mol. The highest BCUT2D eigenvalue weighted by atomic mass is 35.5. The van der Waals surface area contributed by atoms with Crippen LogP contribution in [-0.2, 0) is 9.59 Å². The lowest BCUT2D eigenvalue weighted by Gasteiger charge is -2.20. The van der Waals surface area contributed by atoms with Crippen molar-refractivity contribution < 1.29 is 14.4 Å². The van der Waals surface area contributed by atoms with Crippen molar-refractivity contribution >= 4 is 34.6 Å². The molecule has 7 N–H and O–H groups in total. The van der Waals surface area contributed by atoms with Crippen LogP contribution in [0.4, 0.5) is 4.79 Å². The van der Waals surface area contributed by atoms with Crippen LogP contribution in [0.5, 0.6) is 0 Å². The van der Waals surface area contributed by atoms with E-state index in [0.717, 1.165) is 0 Å². The maximum atomic E-state index is 12.0. The van der Waals surface area contributed by atoms with Crippen LogP contribution in [0.15, 0.2) is 30.3 Å². The van der Waals surface area contributed by atoms with Gasteiger partial charge in [0, 0.05) is 0 Å². The van der Waals surface area contributed by atoms with Crippen LogP contribution >= 0.6 is 11.6 Å². The van der Waals surface area contributed by atoms with Gasteiger partial charge in [-0.25, -0.2) is 4.79 Å². The quantitative estimate of drug-likeness (QED) is 0.275. The second kappa shape index (κ2) is 7.25. The molecule has 9 heteroatoms. The zero-order chi connectivity index (χ0) is 16.0. The zero-order valence-corrected chi connectivity index (χ0v) is 11.6. The standard InChI is InChI=1S/C12H14ClN5O3/c13-9(19)7(6-4-2-1-3-5-6)17-11(20)8(10(14)15)18-12(16)21/h1-5,7-8H,(H3,14,15)(H,17,20)(H3,16,18,21). The van der Waals surface area contributed by atoms with E-state index < -0.39 is 35.1 Å². The summed E-state index contributed by atoms with van der Waals surface area (Å²) in [6.07, 6.45) is 0. The predicted molar refractivity (Wildman–Crippen MR) is 76.6 cm³/mol. The fourth-order valence-corrected chi connectivity index (χ4v) is 1.75. The van der Waals surface area contributed by atoms with E-state index in [2.05, 4.69) is 5.32 Å². The van der Waals surface area contributed by atoms with Crippen LogP contribution in [0, 0.1) is 5.41 Å². The second-order valence-electron chi connectivity index (χ2n) is 4.05. The molecule has 0 saturated carbocycles. The molecule has 2 unspecified atom stereocenters. The highest BCUT2D eigenvalue weighted by molar-refractivity contribution is 6.64. The number of hydrogen-bond donors (Lipinski definition) is 5. The highest BCUT2D eigenvalue weighted by Crippen LogP contribution is 2.15. The second-order valence-corrected chi connectivity index (χ2v) is 4.43. The minimum atomic E-state index is -1.48. The maximum Gasteiger partial charge on any atom is 0.313 e. The molecule has 0 aliphatic rings. The van der Waals surface area contributed by atoms with Gasteiger partial charge in [0.25, 0.3) is 5.91 Å². The number of amidine groups is 1. The Balaban J connectivity index is 2.93. The van der Waals surface area contributed by atoms with Gasteiger partial charge in [0.05, 0.1) is 0 Å². The van der Waals surface area contributed by atoms with Crippen LogP contribution in [0.2, 0.25) is 0 Å². The van der Waals surface area contributed by atoms with Crippen molar-refractivity contribution in [1.82, 2.24) is 10.6 Å². The number of nitrogens with two attached hydrogens (primary N) is 2. The van der Waals surface area contributed by atoms with Crippen LogP contribution in [-0.4, -0.2) is 29.1 Å². The number of hydrogen-bond acceptors (Lipinski definition) is 4. The molecule has 0 heterocycles. The van der Waals surface area contributed by atoms with E-state index >= 15 is 0 Å². The molecule has 1 aromatic rings. The van der Waals surface area contributed by atoms with Crippen molar-refractivity contribution in [3.63, 3.8) is 0 Å². The van der Waals surface area contributed by atoms with Gasteiger partial charge in [0.1, 0.15) is 11.9 Å². The molecule has 1 rings (SSSR count). The topological polar surface area (TPSA) is 151 Å². The van der Waals surface area contributed by atoms with Crippen LogP contribution in [0.25, 0.3) is 0 Å². The fourth-order valence-electron chi connectivity index (χ4n) is 1.57. The lowest BCUT2D eigenvalue weighted by molar-refractivity contribution is -0.125. The lowest BCUT2D eigenvalue weighted by Crippen LogP contribution is -2.55. The molecule has 0 fully saturated rings. The first-order valence-electron chi connectivity index (χ1n) is 5.77. The highest BCUT2D eigenvalue weighted by Gasteiger charge is 2.28. The molecule has 0 spiro atoms. The molecule has 0 radical (unpaired) electrons. The van der Waals surface area contributed by atoms with Gasteiger partial charge < -0.3 is 22.1 Å². The Bertz CT molecular complexity index is 563. The molecule has 0 aliphatic heterocycles. The van der Waals surface area contributed by atoms with E-state index in [1.165, 1.54) is 0 Å². The minimum Gasteiger partial charge on any atom is -0.385 e. The molecular formula is C12H14ClN5O3. The fraction of sp³-hybridized carbons (Fsp3) is 0.167. The Morgan fingerprint density at radius 3 is 2.10 bits per heavy atom. The van der Waals surface area contributed by atoms with Crippen molar-refractivity contribution in [1.29, 1.82) is 5.41 Å². The molecule has 3 amide bonds. The van der Waals surface area contributed by atoms with Crippen LogP contribution in [0.3, 0.4) is 0 Å². The normalized spacial score (nSPS) is 12.8. The van der Waals surface area contributed by atoms with Gasteiger partial charge in [-0.05, 0) is 17.2 Å².